The van der Waals surface area contributed by atoms with Crippen molar-refractivity contribution in [2.45, 2.75) is 32.6 Å². The van der Waals surface area contributed by atoms with E-state index in [1.807, 2.05) is 43.3 Å². The zero-order valence-corrected chi connectivity index (χ0v) is 13.9. The Balaban J connectivity index is 1.54. The Kier molecular flexibility index (Phi) is 4.94. The molecule has 0 bridgehead atoms. The Morgan fingerprint density at radius 3 is 2.71 bits per heavy atom. The Labute approximate surface area is 142 Å². The van der Waals surface area contributed by atoms with Gasteiger partial charge in [-0.25, -0.2) is 0 Å². The van der Waals surface area contributed by atoms with Gasteiger partial charge < -0.3 is 10.2 Å². The largest absolute Gasteiger partial charge is 0.326 e. The minimum atomic E-state index is 0.0163. The van der Waals surface area contributed by atoms with Gasteiger partial charge in [0.1, 0.15) is 0 Å². The highest BCUT2D eigenvalue weighted by Gasteiger charge is 2.25. The molecule has 4 nitrogen and oxygen atoms in total. The van der Waals surface area contributed by atoms with E-state index in [9.17, 15) is 9.59 Å². The molecule has 1 aliphatic heterocycles. The summed E-state index contributed by atoms with van der Waals surface area (Å²) in [6.07, 6.45) is 2.63. The van der Waals surface area contributed by atoms with Crippen LogP contribution in [0.1, 0.15) is 30.9 Å². The van der Waals surface area contributed by atoms with Crippen LogP contribution in [0.4, 0.5) is 11.4 Å². The summed E-state index contributed by atoms with van der Waals surface area (Å²) in [6.45, 7) is 2.65. The number of amides is 2. The van der Waals surface area contributed by atoms with Gasteiger partial charge in [0.25, 0.3) is 0 Å². The fourth-order valence-electron chi connectivity index (χ4n) is 3.13. The molecule has 124 valence electrons. The molecule has 0 unspecified atom stereocenters. The number of hydrogen-bond acceptors (Lipinski definition) is 2. The van der Waals surface area contributed by atoms with Crippen molar-refractivity contribution in [1.29, 1.82) is 0 Å². The van der Waals surface area contributed by atoms with Crippen molar-refractivity contribution in [3.8, 4) is 0 Å². The molecule has 0 aliphatic carbocycles. The van der Waals surface area contributed by atoms with Crippen molar-refractivity contribution < 1.29 is 9.59 Å². The molecule has 4 heteroatoms. The van der Waals surface area contributed by atoms with Crippen LogP contribution in [-0.4, -0.2) is 18.4 Å². The van der Waals surface area contributed by atoms with Gasteiger partial charge in [0.15, 0.2) is 0 Å². The lowest BCUT2D eigenvalue weighted by molar-refractivity contribution is -0.117. The molecule has 1 heterocycles. The van der Waals surface area contributed by atoms with Crippen molar-refractivity contribution >= 4 is 23.2 Å². The third-order valence-electron chi connectivity index (χ3n) is 4.33. The molecule has 2 aromatic carbocycles. The molecule has 3 rings (SSSR count). The Bertz CT molecular complexity index is 741. The van der Waals surface area contributed by atoms with Crippen LogP contribution in [0.15, 0.2) is 48.5 Å². The van der Waals surface area contributed by atoms with Crippen LogP contribution < -0.4 is 10.2 Å². The van der Waals surface area contributed by atoms with Crippen LogP contribution in [-0.2, 0) is 22.4 Å². The highest BCUT2D eigenvalue weighted by Crippen LogP contribution is 2.31. The van der Waals surface area contributed by atoms with Crippen molar-refractivity contribution in [3.63, 3.8) is 0 Å². The molecule has 0 aromatic heterocycles. The van der Waals surface area contributed by atoms with E-state index in [4.69, 9.17) is 0 Å². The standard InChI is InChI=1S/C20H22N2O2/c1-2-22-18-12-11-17(13-16(18)14-20(22)24)21-19(23)10-6-9-15-7-4-3-5-8-15/h3-5,7-8,11-13H,2,6,9-10,14H2,1H3,(H,21,23). The molecule has 2 aromatic rings. The molecule has 0 spiro atoms. The Morgan fingerprint density at radius 2 is 1.96 bits per heavy atom. The number of nitrogens with zero attached hydrogens (tertiary/aromatic N) is 1. The van der Waals surface area contributed by atoms with Gasteiger partial charge in [0.2, 0.25) is 11.8 Å². The number of anilines is 2. The average molecular weight is 322 g/mol. The summed E-state index contributed by atoms with van der Waals surface area (Å²) in [5.74, 6) is 0.140. The van der Waals surface area contributed by atoms with Gasteiger partial charge in [-0.3, -0.25) is 9.59 Å². The summed E-state index contributed by atoms with van der Waals surface area (Å²) < 4.78 is 0. The van der Waals surface area contributed by atoms with Gasteiger partial charge in [-0.1, -0.05) is 30.3 Å². The summed E-state index contributed by atoms with van der Waals surface area (Å²) in [4.78, 5) is 25.8. The lowest BCUT2D eigenvalue weighted by Gasteiger charge is -2.15. The molecule has 1 N–H and O–H groups in total. The zero-order chi connectivity index (χ0) is 16.9. The summed E-state index contributed by atoms with van der Waals surface area (Å²) in [5.41, 5.74) is 3.97. The third kappa shape index (κ3) is 3.65. The maximum absolute atomic E-state index is 12.1. The second-order valence-corrected chi connectivity index (χ2v) is 6.05. The van der Waals surface area contributed by atoms with Gasteiger partial charge >= 0.3 is 0 Å². The summed E-state index contributed by atoms with van der Waals surface area (Å²) >= 11 is 0. The van der Waals surface area contributed by atoms with Gasteiger partial charge in [0.05, 0.1) is 6.42 Å². The fourth-order valence-corrected chi connectivity index (χ4v) is 3.13. The average Bonchev–Trinajstić information content (AvgIpc) is 2.90. The van der Waals surface area contributed by atoms with Gasteiger partial charge in [0, 0.05) is 24.3 Å². The number of likely N-dealkylation sites (N-methyl/N-ethyl adjacent to an activating group) is 1. The quantitative estimate of drug-likeness (QED) is 0.884. The van der Waals surface area contributed by atoms with E-state index < -0.39 is 0 Å². The number of hydrogen-bond donors (Lipinski definition) is 1. The topological polar surface area (TPSA) is 49.4 Å². The van der Waals surface area contributed by atoms with Crippen LogP contribution in [0.5, 0.6) is 0 Å². The predicted molar refractivity (Wildman–Crippen MR) is 96.2 cm³/mol. The normalized spacial score (nSPS) is 13.0. The number of carbonyl (C=O) groups is 2. The fraction of sp³-hybridized carbons (Fsp3) is 0.300. The smallest absolute Gasteiger partial charge is 0.231 e. The number of aryl methyl sites for hydroxylation is 1. The van der Waals surface area contributed by atoms with Gasteiger partial charge in [-0.15, -0.1) is 0 Å². The van der Waals surface area contributed by atoms with Gasteiger partial charge in [-0.2, -0.15) is 0 Å². The third-order valence-corrected chi connectivity index (χ3v) is 4.33. The molecular formula is C20H22N2O2. The van der Waals surface area contributed by atoms with E-state index >= 15 is 0 Å². The highest BCUT2D eigenvalue weighted by molar-refractivity contribution is 6.02. The molecular weight excluding hydrogens is 300 g/mol. The van der Waals surface area contributed by atoms with Crippen LogP contribution in [0.3, 0.4) is 0 Å². The van der Waals surface area contributed by atoms with Gasteiger partial charge in [-0.05, 0) is 49.1 Å². The molecule has 0 radical (unpaired) electrons. The molecule has 1 aliphatic rings. The van der Waals surface area contributed by atoms with Crippen molar-refractivity contribution in [3.05, 3.63) is 59.7 Å². The minimum Gasteiger partial charge on any atom is -0.326 e. The summed E-state index contributed by atoms with van der Waals surface area (Å²) in [6, 6.07) is 15.9. The number of benzene rings is 2. The van der Waals surface area contributed by atoms with E-state index in [0.717, 1.165) is 29.8 Å². The van der Waals surface area contributed by atoms with Crippen LogP contribution in [0.2, 0.25) is 0 Å². The van der Waals surface area contributed by atoms with E-state index in [-0.39, 0.29) is 11.8 Å². The molecule has 0 fully saturated rings. The summed E-state index contributed by atoms with van der Waals surface area (Å²) in [5, 5.41) is 2.94. The zero-order valence-electron chi connectivity index (χ0n) is 13.9. The van der Waals surface area contributed by atoms with E-state index in [0.29, 0.717) is 19.4 Å². The summed E-state index contributed by atoms with van der Waals surface area (Å²) in [7, 11) is 0. The molecule has 0 atom stereocenters. The molecule has 2 amide bonds. The Hall–Kier alpha value is -2.62. The lowest BCUT2D eigenvalue weighted by atomic mass is 10.1. The monoisotopic (exact) mass is 322 g/mol. The van der Waals surface area contributed by atoms with Crippen LogP contribution >= 0.6 is 0 Å². The predicted octanol–water partition coefficient (Wildman–Crippen LogP) is 3.56. The van der Waals surface area contributed by atoms with Crippen LogP contribution in [0.25, 0.3) is 0 Å². The molecule has 0 saturated carbocycles. The minimum absolute atomic E-state index is 0.0163. The lowest BCUT2D eigenvalue weighted by Crippen LogP contribution is -2.25. The SMILES string of the molecule is CCN1C(=O)Cc2cc(NC(=O)CCCc3ccccc3)ccc21. The highest BCUT2D eigenvalue weighted by atomic mass is 16.2. The number of nitrogens with one attached hydrogen (secondary N) is 1. The first-order chi connectivity index (χ1) is 11.7. The molecule has 24 heavy (non-hydrogen) atoms. The second-order valence-electron chi connectivity index (χ2n) is 6.05. The first-order valence-electron chi connectivity index (χ1n) is 8.44. The van der Waals surface area contributed by atoms with Crippen molar-refractivity contribution in [2.24, 2.45) is 0 Å². The maximum Gasteiger partial charge on any atom is 0.231 e. The van der Waals surface area contributed by atoms with Crippen LogP contribution in [0, 0.1) is 0 Å². The maximum atomic E-state index is 12.1. The second kappa shape index (κ2) is 7.30. The van der Waals surface area contributed by atoms with Crippen molar-refractivity contribution in [2.75, 3.05) is 16.8 Å². The van der Waals surface area contributed by atoms with E-state index in [2.05, 4.69) is 17.4 Å². The van der Waals surface area contributed by atoms with Crippen molar-refractivity contribution in [1.82, 2.24) is 0 Å². The van der Waals surface area contributed by atoms with E-state index in [1.165, 1.54) is 5.56 Å². The first-order valence-corrected chi connectivity index (χ1v) is 8.44. The first kappa shape index (κ1) is 16.2. The Morgan fingerprint density at radius 1 is 1.17 bits per heavy atom. The number of fused-ring (bicyclic) bond motifs is 1. The molecule has 0 saturated heterocycles. The number of rotatable bonds is 6. The number of carbonyl (C=O) groups excluding carboxylic acids is 2. The van der Waals surface area contributed by atoms with E-state index in [1.54, 1.807) is 4.90 Å².